The lowest BCUT2D eigenvalue weighted by Crippen LogP contribution is -2.10. The third-order valence-corrected chi connectivity index (χ3v) is 3.06. The van der Waals surface area contributed by atoms with Gasteiger partial charge in [-0.1, -0.05) is 19.1 Å². The lowest BCUT2D eigenvalue weighted by molar-refractivity contribution is -0.138. The molecule has 1 aromatic rings. The van der Waals surface area contributed by atoms with E-state index in [9.17, 15) is 4.79 Å². The second-order valence-corrected chi connectivity index (χ2v) is 4.06. The molecule has 1 aromatic carbocycles. The predicted molar refractivity (Wildman–Crippen MR) is 51.2 cm³/mol. The summed E-state index contributed by atoms with van der Waals surface area (Å²) in [5.74, 6) is -0.794. The molecule has 0 saturated heterocycles. The number of carboxylic acid groups (broad SMARTS) is 1. The van der Waals surface area contributed by atoms with Crippen molar-refractivity contribution in [3.8, 4) is 5.75 Å². The number of phenols is 1. The fourth-order valence-corrected chi connectivity index (χ4v) is 1.89. The van der Waals surface area contributed by atoms with Crippen LogP contribution in [0.15, 0.2) is 24.3 Å². The van der Waals surface area contributed by atoms with Crippen LogP contribution in [0.4, 0.5) is 0 Å². The van der Waals surface area contributed by atoms with Crippen LogP contribution >= 0.6 is 0 Å². The van der Waals surface area contributed by atoms with Crippen LogP contribution in [-0.4, -0.2) is 16.2 Å². The van der Waals surface area contributed by atoms with Crippen LogP contribution in [0.25, 0.3) is 0 Å². The summed E-state index contributed by atoms with van der Waals surface area (Å²) in [6, 6.07) is 6.77. The monoisotopic (exact) mass is 192 g/mol. The van der Waals surface area contributed by atoms with Gasteiger partial charge < -0.3 is 10.2 Å². The Labute approximate surface area is 82.0 Å². The van der Waals surface area contributed by atoms with E-state index in [1.165, 1.54) is 0 Å². The number of phenolic OH excluding ortho intramolecular Hbond substituents is 1. The summed E-state index contributed by atoms with van der Waals surface area (Å²) in [5, 5.41) is 18.0. The molecule has 0 aromatic heterocycles. The van der Waals surface area contributed by atoms with Gasteiger partial charge in [0.2, 0.25) is 0 Å². The van der Waals surface area contributed by atoms with Crippen LogP contribution in [0.2, 0.25) is 0 Å². The molecule has 74 valence electrons. The van der Waals surface area contributed by atoms with E-state index >= 15 is 0 Å². The lowest BCUT2D eigenvalue weighted by atomic mass is 9.95. The first kappa shape index (κ1) is 9.06. The largest absolute Gasteiger partial charge is 0.508 e. The number of rotatable bonds is 2. The number of hydrogen-bond acceptors (Lipinski definition) is 2. The Bertz CT molecular complexity index is 369. The van der Waals surface area contributed by atoms with E-state index in [1.54, 1.807) is 24.3 Å². The molecule has 1 fully saturated rings. The number of benzene rings is 1. The summed E-state index contributed by atoms with van der Waals surface area (Å²) in [7, 11) is 0. The van der Waals surface area contributed by atoms with Gasteiger partial charge in [-0.3, -0.25) is 4.79 Å². The highest BCUT2D eigenvalue weighted by Crippen LogP contribution is 2.54. The highest BCUT2D eigenvalue weighted by Gasteiger charge is 2.55. The van der Waals surface area contributed by atoms with E-state index in [0.717, 1.165) is 5.56 Å². The molecule has 0 spiro atoms. The Hall–Kier alpha value is -1.51. The zero-order valence-electron chi connectivity index (χ0n) is 7.90. The molecular formula is C11H12O3. The number of carboxylic acids is 1. The minimum atomic E-state index is -0.736. The molecule has 3 nitrogen and oxygen atoms in total. The molecule has 2 N–H and O–H groups in total. The maximum atomic E-state index is 10.8. The van der Waals surface area contributed by atoms with E-state index in [0.29, 0.717) is 6.42 Å². The molecule has 0 bridgehead atoms. The van der Waals surface area contributed by atoms with Crippen molar-refractivity contribution in [3.05, 3.63) is 29.8 Å². The van der Waals surface area contributed by atoms with Crippen molar-refractivity contribution in [2.24, 2.45) is 5.92 Å². The highest BCUT2D eigenvalue weighted by atomic mass is 16.4. The van der Waals surface area contributed by atoms with Gasteiger partial charge in [-0.2, -0.15) is 0 Å². The summed E-state index contributed by atoms with van der Waals surface area (Å²) < 4.78 is 0. The minimum Gasteiger partial charge on any atom is -0.508 e. The predicted octanol–water partition coefficient (Wildman–Crippen LogP) is 1.75. The highest BCUT2D eigenvalue weighted by molar-refractivity contribution is 5.77. The average Bonchev–Trinajstić information content (AvgIpc) is 2.80. The molecule has 0 radical (unpaired) electrons. The summed E-state index contributed by atoms with van der Waals surface area (Å²) in [6.45, 7) is 1.94. The summed E-state index contributed by atoms with van der Waals surface area (Å²) in [6.07, 6.45) is 0.688. The number of aliphatic carboxylic acids is 1. The topological polar surface area (TPSA) is 57.5 Å². The number of hydrogen-bond donors (Lipinski definition) is 2. The van der Waals surface area contributed by atoms with Crippen molar-refractivity contribution < 1.29 is 15.0 Å². The normalized spacial score (nSPS) is 29.9. The molecule has 1 aliphatic carbocycles. The van der Waals surface area contributed by atoms with Gasteiger partial charge in [-0.25, -0.2) is 0 Å². The van der Waals surface area contributed by atoms with Crippen molar-refractivity contribution in [2.45, 2.75) is 18.8 Å². The lowest BCUT2D eigenvalue weighted by Gasteiger charge is -2.09. The van der Waals surface area contributed by atoms with Crippen molar-refractivity contribution in [1.82, 2.24) is 0 Å². The van der Waals surface area contributed by atoms with Gasteiger partial charge in [0.15, 0.2) is 0 Å². The Balaban J connectivity index is 2.25. The quantitative estimate of drug-likeness (QED) is 0.750. The van der Waals surface area contributed by atoms with E-state index < -0.39 is 5.97 Å². The minimum absolute atomic E-state index is 0.213. The van der Waals surface area contributed by atoms with Gasteiger partial charge >= 0.3 is 5.97 Å². The Morgan fingerprint density at radius 3 is 2.43 bits per heavy atom. The summed E-state index contributed by atoms with van der Waals surface area (Å²) >= 11 is 0. The fourth-order valence-electron chi connectivity index (χ4n) is 1.89. The molecule has 3 heteroatoms. The number of carbonyl (C=O) groups is 1. The third kappa shape index (κ3) is 1.25. The number of aromatic hydroxyl groups is 1. The SMILES string of the molecule is CC1(c2ccc(O)cc2)C[C@H]1C(=O)O. The van der Waals surface area contributed by atoms with Crippen LogP contribution in [0.1, 0.15) is 18.9 Å². The molecule has 0 heterocycles. The maximum absolute atomic E-state index is 10.8. The van der Waals surface area contributed by atoms with E-state index in [4.69, 9.17) is 10.2 Å². The van der Waals surface area contributed by atoms with Crippen LogP contribution in [0.5, 0.6) is 5.75 Å². The van der Waals surface area contributed by atoms with Crippen molar-refractivity contribution in [3.63, 3.8) is 0 Å². The first-order valence-corrected chi connectivity index (χ1v) is 4.56. The van der Waals surface area contributed by atoms with Gasteiger partial charge in [0, 0.05) is 5.41 Å². The van der Waals surface area contributed by atoms with Gasteiger partial charge in [0.1, 0.15) is 5.75 Å². The second-order valence-electron chi connectivity index (χ2n) is 4.06. The van der Waals surface area contributed by atoms with Crippen LogP contribution in [0.3, 0.4) is 0 Å². The molecule has 2 rings (SSSR count). The Morgan fingerprint density at radius 2 is 2.00 bits per heavy atom. The summed E-state index contributed by atoms with van der Waals surface area (Å²) in [5.41, 5.74) is 0.752. The van der Waals surface area contributed by atoms with Gasteiger partial charge in [0.25, 0.3) is 0 Å². The zero-order chi connectivity index (χ0) is 10.3. The van der Waals surface area contributed by atoms with Crippen LogP contribution in [0, 0.1) is 5.92 Å². The second kappa shape index (κ2) is 2.74. The molecule has 1 saturated carbocycles. The van der Waals surface area contributed by atoms with E-state index in [-0.39, 0.29) is 17.1 Å². The molecule has 14 heavy (non-hydrogen) atoms. The standard InChI is InChI=1S/C11H12O3/c1-11(6-9(11)10(13)14)7-2-4-8(12)5-3-7/h2-5,9,12H,6H2,1H3,(H,13,14)/t9-,11?/m0/s1. The average molecular weight is 192 g/mol. The van der Waals surface area contributed by atoms with E-state index in [1.807, 2.05) is 6.92 Å². The molecular weight excluding hydrogens is 180 g/mol. The third-order valence-electron chi connectivity index (χ3n) is 3.06. The van der Waals surface area contributed by atoms with Crippen molar-refractivity contribution in [1.29, 1.82) is 0 Å². The molecule has 1 aliphatic rings. The maximum Gasteiger partial charge on any atom is 0.307 e. The van der Waals surface area contributed by atoms with Gasteiger partial charge in [0.05, 0.1) is 5.92 Å². The van der Waals surface area contributed by atoms with Gasteiger partial charge in [-0.05, 0) is 24.1 Å². The first-order valence-electron chi connectivity index (χ1n) is 4.56. The fraction of sp³-hybridized carbons (Fsp3) is 0.364. The van der Waals surface area contributed by atoms with E-state index in [2.05, 4.69) is 0 Å². The first-order chi connectivity index (χ1) is 6.54. The molecule has 1 unspecified atom stereocenters. The Morgan fingerprint density at radius 1 is 1.43 bits per heavy atom. The smallest absolute Gasteiger partial charge is 0.307 e. The molecule has 2 atom stereocenters. The zero-order valence-corrected chi connectivity index (χ0v) is 7.90. The molecule has 0 amide bonds. The summed E-state index contributed by atoms with van der Waals surface area (Å²) in [4.78, 5) is 10.8. The Kier molecular flexibility index (Phi) is 1.77. The molecule has 0 aliphatic heterocycles. The van der Waals surface area contributed by atoms with Crippen molar-refractivity contribution >= 4 is 5.97 Å². The van der Waals surface area contributed by atoms with Crippen LogP contribution < -0.4 is 0 Å². The van der Waals surface area contributed by atoms with Gasteiger partial charge in [-0.15, -0.1) is 0 Å². The van der Waals surface area contributed by atoms with Crippen LogP contribution in [-0.2, 0) is 10.2 Å². The van der Waals surface area contributed by atoms with Crippen molar-refractivity contribution in [2.75, 3.05) is 0 Å².